The van der Waals surface area contributed by atoms with E-state index in [1.807, 2.05) is 0 Å². The lowest BCUT2D eigenvalue weighted by atomic mass is 9.99. The highest BCUT2D eigenvalue weighted by molar-refractivity contribution is 7.47. The fourth-order valence-electron chi connectivity index (χ4n) is 14.2. The van der Waals surface area contributed by atoms with E-state index in [0.29, 0.717) is 25.7 Å². The predicted octanol–water partition coefficient (Wildman–Crippen LogP) is 28.2. The van der Waals surface area contributed by atoms with Crippen molar-refractivity contribution in [2.75, 3.05) is 39.6 Å². The normalized spacial score (nSPS) is 14.2. The Morgan fingerprint density at radius 3 is 0.645 bits per heavy atom. The van der Waals surface area contributed by atoms with Crippen LogP contribution in [-0.2, 0) is 65.4 Å². The molecule has 654 valence electrons. The van der Waals surface area contributed by atoms with Gasteiger partial charge in [-0.1, -0.05) is 440 Å². The summed E-state index contributed by atoms with van der Waals surface area (Å²) in [6.45, 7) is 9.83. The second-order valence-electron chi connectivity index (χ2n) is 33.2. The van der Waals surface area contributed by atoms with Gasteiger partial charge in [-0.25, -0.2) is 9.13 Å². The minimum Gasteiger partial charge on any atom is -0.462 e. The Morgan fingerprint density at radius 2 is 0.436 bits per heavy atom. The van der Waals surface area contributed by atoms with Gasteiger partial charge in [-0.05, 0) is 37.5 Å². The zero-order valence-electron chi connectivity index (χ0n) is 72.6. The lowest BCUT2D eigenvalue weighted by molar-refractivity contribution is -0.161. The number of ether oxygens (including phenoxy) is 4. The van der Waals surface area contributed by atoms with Crippen molar-refractivity contribution in [1.29, 1.82) is 0 Å². The summed E-state index contributed by atoms with van der Waals surface area (Å²) >= 11 is 0. The standard InChI is InChI=1S/C91H178O17P2/c1-7-11-13-15-17-19-21-22-23-34-40-45-51-57-63-69-75-90(95)107-86(79-101-88(93)73-67-61-55-49-20-18-16-14-12-8-2)81-105-109(97,98)103-77-85(92)78-104-110(99,100)106-82-87(108-91(96)76-70-64-58-52-46-41-36-31-27-25-29-33-38-43-48-54-60-66-72-84(6)10-4)80-102-89(94)74-68-62-56-50-44-39-35-30-26-24-28-32-37-42-47-53-59-65-71-83(5)9-3/h83-87,92H,7-82H2,1-6H3,(H,97,98)(H,99,100)/t83?,84?,85-,86+,87+/m0/s1. The average Bonchev–Trinajstić information content (AvgIpc) is 0.899. The molecule has 0 saturated heterocycles. The fraction of sp³-hybridized carbons (Fsp3) is 0.956. The van der Waals surface area contributed by atoms with Crippen LogP contribution in [0.3, 0.4) is 0 Å². The quantitative estimate of drug-likeness (QED) is 0.0222. The van der Waals surface area contributed by atoms with E-state index in [2.05, 4.69) is 41.5 Å². The second kappa shape index (κ2) is 82.2. The topological polar surface area (TPSA) is 237 Å². The first-order valence-corrected chi connectivity index (χ1v) is 50.1. The molecule has 0 spiro atoms. The lowest BCUT2D eigenvalue weighted by Crippen LogP contribution is -2.30. The molecule has 0 aliphatic carbocycles. The molecule has 0 rings (SSSR count). The Kier molecular flexibility index (Phi) is 80.7. The van der Waals surface area contributed by atoms with Crippen LogP contribution in [0.5, 0.6) is 0 Å². The molecule has 0 fully saturated rings. The van der Waals surface area contributed by atoms with E-state index in [0.717, 1.165) is 102 Å². The van der Waals surface area contributed by atoms with Gasteiger partial charge in [0.05, 0.1) is 26.4 Å². The second-order valence-corrected chi connectivity index (χ2v) is 36.1. The number of phosphoric ester groups is 2. The van der Waals surface area contributed by atoms with Crippen LogP contribution < -0.4 is 0 Å². The van der Waals surface area contributed by atoms with Crippen LogP contribution in [-0.4, -0.2) is 96.7 Å². The molecule has 0 aromatic heterocycles. The van der Waals surface area contributed by atoms with E-state index in [9.17, 15) is 43.2 Å². The Labute approximate surface area is 677 Å². The maximum Gasteiger partial charge on any atom is 0.472 e. The first kappa shape index (κ1) is 108. The number of phosphoric acid groups is 2. The smallest absolute Gasteiger partial charge is 0.462 e. The van der Waals surface area contributed by atoms with Gasteiger partial charge in [0.25, 0.3) is 0 Å². The molecule has 0 saturated carbocycles. The fourth-order valence-corrected chi connectivity index (χ4v) is 15.8. The van der Waals surface area contributed by atoms with Gasteiger partial charge in [-0.15, -0.1) is 0 Å². The maximum atomic E-state index is 13.2. The summed E-state index contributed by atoms with van der Waals surface area (Å²) in [5.74, 6) is -0.351. The molecule has 0 radical (unpaired) electrons. The Hall–Kier alpha value is -1.94. The van der Waals surface area contributed by atoms with Crippen LogP contribution in [0.1, 0.15) is 491 Å². The minimum absolute atomic E-state index is 0.109. The molecule has 0 aliphatic heterocycles. The molecule has 0 aromatic rings. The summed E-state index contributed by atoms with van der Waals surface area (Å²) in [7, 11) is -9.93. The third kappa shape index (κ3) is 81.2. The van der Waals surface area contributed by atoms with Crippen LogP contribution in [0, 0.1) is 11.8 Å². The van der Waals surface area contributed by atoms with Crippen LogP contribution in [0.15, 0.2) is 0 Å². The molecule has 19 heteroatoms. The van der Waals surface area contributed by atoms with E-state index in [1.165, 1.54) is 308 Å². The molecule has 110 heavy (non-hydrogen) atoms. The van der Waals surface area contributed by atoms with E-state index in [1.54, 1.807) is 0 Å². The van der Waals surface area contributed by atoms with Gasteiger partial charge in [0.2, 0.25) is 0 Å². The SMILES string of the molecule is CCCCCCCCCCCCCCCCCCC(=O)O[C@H](COC(=O)CCCCCCCCCCCC)COP(=O)(O)OC[C@H](O)COP(=O)(O)OC[C@@H](COC(=O)CCCCCCCCCCCCCCCCCCCCC(C)CC)OC(=O)CCCCCCCCCCCCCCCCCCCCC(C)CC. The summed E-state index contributed by atoms with van der Waals surface area (Å²) in [6, 6.07) is 0. The molecule has 17 nitrogen and oxygen atoms in total. The average molecular weight is 1610 g/mol. The van der Waals surface area contributed by atoms with Crippen molar-refractivity contribution < 1.29 is 80.2 Å². The minimum atomic E-state index is -4.97. The monoisotopic (exact) mass is 1610 g/mol. The number of rotatable bonds is 90. The Morgan fingerprint density at radius 1 is 0.255 bits per heavy atom. The first-order chi connectivity index (χ1) is 53.4. The van der Waals surface area contributed by atoms with Gasteiger partial charge >= 0.3 is 39.5 Å². The van der Waals surface area contributed by atoms with Gasteiger partial charge in [-0.3, -0.25) is 37.3 Å². The number of aliphatic hydroxyl groups excluding tert-OH is 1. The van der Waals surface area contributed by atoms with E-state index < -0.39 is 97.5 Å². The zero-order valence-corrected chi connectivity index (χ0v) is 74.4. The Bertz CT molecular complexity index is 2100. The summed E-state index contributed by atoms with van der Waals surface area (Å²) in [5, 5.41) is 10.7. The summed E-state index contributed by atoms with van der Waals surface area (Å²) in [5.41, 5.74) is 0. The van der Waals surface area contributed by atoms with Crippen molar-refractivity contribution in [2.45, 2.75) is 509 Å². The molecule has 0 aliphatic rings. The predicted molar refractivity (Wildman–Crippen MR) is 455 cm³/mol. The van der Waals surface area contributed by atoms with Gasteiger partial charge in [0.1, 0.15) is 19.3 Å². The number of esters is 4. The zero-order chi connectivity index (χ0) is 80.6. The highest BCUT2D eigenvalue weighted by Crippen LogP contribution is 2.45. The van der Waals surface area contributed by atoms with E-state index in [4.69, 9.17) is 37.0 Å². The molecular weight excluding hydrogens is 1430 g/mol. The van der Waals surface area contributed by atoms with Gasteiger partial charge < -0.3 is 33.8 Å². The van der Waals surface area contributed by atoms with Crippen molar-refractivity contribution in [1.82, 2.24) is 0 Å². The van der Waals surface area contributed by atoms with Gasteiger partial charge in [0, 0.05) is 25.7 Å². The number of aliphatic hydroxyl groups is 1. The third-order valence-electron chi connectivity index (χ3n) is 22.2. The Balaban J connectivity index is 5.21. The molecule has 0 bridgehead atoms. The number of carbonyl (C=O) groups excluding carboxylic acids is 4. The number of hydrogen-bond donors (Lipinski definition) is 3. The highest BCUT2D eigenvalue weighted by Gasteiger charge is 2.31. The van der Waals surface area contributed by atoms with Crippen LogP contribution in [0.2, 0.25) is 0 Å². The number of unbranched alkanes of at least 4 members (excludes halogenated alkanes) is 58. The molecule has 0 amide bonds. The van der Waals surface area contributed by atoms with Crippen molar-refractivity contribution in [3.63, 3.8) is 0 Å². The van der Waals surface area contributed by atoms with Crippen molar-refractivity contribution in [2.24, 2.45) is 11.8 Å². The van der Waals surface area contributed by atoms with Crippen LogP contribution >= 0.6 is 15.6 Å². The third-order valence-corrected chi connectivity index (χ3v) is 24.1. The molecule has 3 N–H and O–H groups in total. The molecule has 7 atom stereocenters. The van der Waals surface area contributed by atoms with E-state index >= 15 is 0 Å². The molecular formula is C91H178O17P2. The number of carbonyl (C=O) groups is 4. The number of hydrogen-bond acceptors (Lipinski definition) is 15. The maximum absolute atomic E-state index is 13.2. The summed E-state index contributed by atoms with van der Waals surface area (Å²) < 4.78 is 69.0. The van der Waals surface area contributed by atoms with Crippen LogP contribution in [0.4, 0.5) is 0 Å². The van der Waals surface area contributed by atoms with Crippen molar-refractivity contribution in [3.8, 4) is 0 Å². The first-order valence-electron chi connectivity index (χ1n) is 47.1. The van der Waals surface area contributed by atoms with Crippen molar-refractivity contribution in [3.05, 3.63) is 0 Å². The van der Waals surface area contributed by atoms with Crippen molar-refractivity contribution >= 4 is 39.5 Å². The molecule has 4 unspecified atom stereocenters. The highest BCUT2D eigenvalue weighted by atomic mass is 31.2. The van der Waals surface area contributed by atoms with E-state index in [-0.39, 0.29) is 25.7 Å². The summed E-state index contributed by atoms with van der Waals surface area (Å²) in [6.07, 6.45) is 76.3. The van der Waals surface area contributed by atoms with Crippen LogP contribution in [0.25, 0.3) is 0 Å². The molecule has 0 heterocycles. The summed E-state index contributed by atoms with van der Waals surface area (Å²) in [4.78, 5) is 73.3. The van der Waals surface area contributed by atoms with Gasteiger partial charge in [0.15, 0.2) is 12.2 Å². The largest absolute Gasteiger partial charge is 0.472 e. The lowest BCUT2D eigenvalue weighted by Gasteiger charge is -2.21. The molecule has 0 aromatic carbocycles. The van der Waals surface area contributed by atoms with Gasteiger partial charge in [-0.2, -0.15) is 0 Å².